The van der Waals surface area contributed by atoms with Crippen LogP contribution in [0.3, 0.4) is 0 Å². The minimum absolute atomic E-state index is 0.324. The second kappa shape index (κ2) is 9.00. The number of aromatic nitrogens is 3. The van der Waals surface area contributed by atoms with E-state index >= 15 is 0 Å². The number of anilines is 3. The average molecular weight is 473 g/mol. The molecular weight excluding hydrogens is 440 g/mol. The van der Waals surface area contributed by atoms with Gasteiger partial charge in [-0.25, -0.2) is 0 Å². The highest BCUT2D eigenvalue weighted by molar-refractivity contribution is 5.69. The van der Waals surface area contributed by atoms with E-state index in [1.165, 1.54) is 36.0 Å². The lowest BCUT2D eigenvalue weighted by Gasteiger charge is -2.33. The fourth-order valence-corrected chi connectivity index (χ4v) is 5.02. The number of nitrogens with zero attached hydrogens (tertiary/aromatic N) is 5. The number of nitrogens with one attached hydrogen (secondary N) is 1. The maximum absolute atomic E-state index is 6.30. The first-order chi connectivity index (χ1) is 17.0. The van der Waals surface area contributed by atoms with E-state index in [1.807, 2.05) is 18.2 Å². The highest BCUT2D eigenvalue weighted by Gasteiger charge is 2.24. The number of allylic oxidation sites excluding steroid dienone is 1. The first kappa shape index (κ1) is 22.1. The molecule has 2 fully saturated rings. The van der Waals surface area contributed by atoms with Crippen molar-refractivity contribution in [2.45, 2.75) is 45.4 Å². The molecule has 0 spiro atoms. The number of ether oxygens (including phenoxy) is 1. The molecule has 0 unspecified atom stereocenters. The van der Waals surface area contributed by atoms with Gasteiger partial charge in [-0.15, -0.1) is 0 Å². The van der Waals surface area contributed by atoms with Crippen LogP contribution in [0.4, 0.5) is 17.5 Å². The van der Waals surface area contributed by atoms with Crippen molar-refractivity contribution in [1.29, 1.82) is 0 Å². The molecule has 8 heteroatoms. The molecule has 1 saturated carbocycles. The van der Waals surface area contributed by atoms with E-state index in [0.717, 1.165) is 55.4 Å². The zero-order valence-corrected chi connectivity index (χ0v) is 20.7. The van der Waals surface area contributed by atoms with Crippen LogP contribution in [-0.4, -0.2) is 53.3 Å². The van der Waals surface area contributed by atoms with Gasteiger partial charge in [0.15, 0.2) is 0 Å². The third-order valence-electron chi connectivity index (χ3n) is 7.44. The molecular formula is C27H32N6O2. The van der Waals surface area contributed by atoms with E-state index in [0.29, 0.717) is 23.6 Å². The number of benzene rings is 1. The Morgan fingerprint density at radius 2 is 1.89 bits per heavy atom. The number of fused-ring (bicyclic) bond motifs is 1. The van der Waals surface area contributed by atoms with Crippen molar-refractivity contribution in [3.8, 4) is 11.8 Å². The summed E-state index contributed by atoms with van der Waals surface area (Å²) in [5.74, 6) is 3.37. The first-order valence-corrected chi connectivity index (χ1v) is 12.6. The smallest absolute Gasteiger partial charge is 0.325 e. The predicted molar refractivity (Wildman–Crippen MR) is 137 cm³/mol. The summed E-state index contributed by atoms with van der Waals surface area (Å²) in [5.41, 5.74) is 6.09. The molecule has 8 nitrogen and oxygen atoms in total. The summed E-state index contributed by atoms with van der Waals surface area (Å²) in [6.45, 7) is 8.06. The van der Waals surface area contributed by atoms with Gasteiger partial charge in [-0.1, -0.05) is 29.3 Å². The van der Waals surface area contributed by atoms with Crippen molar-refractivity contribution in [1.82, 2.24) is 20.0 Å². The van der Waals surface area contributed by atoms with Crippen LogP contribution in [-0.2, 0) is 6.42 Å². The van der Waals surface area contributed by atoms with E-state index in [4.69, 9.17) is 14.2 Å². The third kappa shape index (κ3) is 4.50. The molecule has 0 radical (unpaired) electrons. The molecule has 6 rings (SSSR count). The van der Waals surface area contributed by atoms with Crippen molar-refractivity contribution >= 4 is 23.6 Å². The van der Waals surface area contributed by atoms with Gasteiger partial charge in [0.1, 0.15) is 17.4 Å². The standard InChI is InChI=1S/C27H32N6O2/c1-17-13-20-7-8-23(18(2)21(20)14-17)34-27-29-24(16-25(30-27)33-11-9-32(3)10-12-33)28-26-15-22(31-35-26)19-5-4-6-19/h7-8,14-16,19H,4-6,9-13H2,1-3H3,(H,28,29,30). The van der Waals surface area contributed by atoms with Crippen molar-refractivity contribution < 1.29 is 9.26 Å². The lowest BCUT2D eigenvalue weighted by Crippen LogP contribution is -2.44. The van der Waals surface area contributed by atoms with E-state index < -0.39 is 0 Å². The lowest BCUT2D eigenvalue weighted by molar-refractivity contribution is 0.311. The molecule has 0 bridgehead atoms. The molecule has 2 aromatic heterocycles. The van der Waals surface area contributed by atoms with Crippen LogP contribution in [0.25, 0.3) is 6.08 Å². The van der Waals surface area contributed by atoms with Crippen LogP contribution in [0.2, 0.25) is 0 Å². The molecule has 1 N–H and O–H groups in total. The van der Waals surface area contributed by atoms with Crippen molar-refractivity contribution in [3.05, 3.63) is 52.2 Å². The van der Waals surface area contributed by atoms with Gasteiger partial charge in [0.05, 0.1) is 5.69 Å². The minimum atomic E-state index is 0.324. The van der Waals surface area contributed by atoms with Gasteiger partial charge in [-0.2, -0.15) is 9.97 Å². The average Bonchev–Trinajstić information content (AvgIpc) is 3.41. The molecule has 3 aromatic rings. The molecule has 3 heterocycles. The quantitative estimate of drug-likeness (QED) is 0.519. The Bertz CT molecular complexity index is 1270. The molecule has 1 saturated heterocycles. The number of rotatable bonds is 6. The second-order valence-electron chi connectivity index (χ2n) is 10.1. The number of likely N-dealkylation sites (N-methyl/N-ethyl adjacent to an activating group) is 1. The molecule has 0 atom stereocenters. The molecule has 1 aliphatic heterocycles. The van der Waals surface area contributed by atoms with Gasteiger partial charge >= 0.3 is 6.01 Å². The summed E-state index contributed by atoms with van der Waals surface area (Å²) in [6.07, 6.45) is 6.87. The molecule has 182 valence electrons. The topological polar surface area (TPSA) is 79.5 Å². The Kier molecular flexibility index (Phi) is 5.68. The van der Waals surface area contributed by atoms with Crippen LogP contribution in [0.15, 0.2) is 34.4 Å². The van der Waals surface area contributed by atoms with Crippen molar-refractivity contribution in [2.75, 3.05) is 43.4 Å². The maximum Gasteiger partial charge on any atom is 0.325 e. The van der Waals surface area contributed by atoms with Gasteiger partial charge in [0, 0.05) is 44.2 Å². The van der Waals surface area contributed by atoms with Crippen LogP contribution < -0.4 is 15.0 Å². The van der Waals surface area contributed by atoms with Gasteiger partial charge in [-0.05, 0) is 62.9 Å². The number of piperazine rings is 1. The predicted octanol–water partition coefficient (Wildman–Crippen LogP) is 5.29. The Balaban J connectivity index is 1.30. The zero-order valence-electron chi connectivity index (χ0n) is 20.7. The first-order valence-electron chi connectivity index (χ1n) is 12.6. The maximum atomic E-state index is 6.30. The molecule has 1 aromatic carbocycles. The summed E-state index contributed by atoms with van der Waals surface area (Å²) >= 11 is 0. The van der Waals surface area contributed by atoms with Crippen LogP contribution >= 0.6 is 0 Å². The summed E-state index contributed by atoms with van der Waals surface area (Å²) < 4.78 is 11.9. The summed E-state index contributed by atoms with van der Waals surface area (Å²) in [7, 11) is 2.15. The SMILES string of the molecule is CC1=Cc2c(ccc(Oc3nc(Nc4cc(C5CCC5)no4)cc(N4CCN(C)CC4)n3)c2C)C1. The van der Waals surface area contributed by atoms with Gasteiger partial charge in [0.2, 0.25) is 5.88 Å². The molecule has 0 amide bonds. The zero-order chi connectivity index (χ0) is 23.9. The van der Waals surface area contributed by atoms with Crippen molar-refractivity contribution in [2.24, 2.45) is 0 Å². The highest BCUT2D eigenvalue weighted by Crippen LogP contribution is 2.37. The highest BCUT2D eigenvalue weighted by atomic mass is 16.5. The fourth-order valence-electron chi connectivity index (χ4n) is 5.02. The minimum Gasteiger partial charge on any atom is -0.424 e. The number of hydrogen-bond donors (Lipinski definition) is 1. The third-order valence-corrected chi connectivity index (χ3v) is 7.44. The summed E-state index contributed by atoms with van der Waals surface area (Å²) in [6, 6.07) is 8.45. The normalized spacial score (nSPS) is 18.3. The van der Waals surface area contributed by atoms with Gasteiger partial charge in [0.25, 0.3) is 0 Å². The summed E-state index contributed by atoms with van der Waals surface area (Å²) in [4.78, 5) is 14.1. The van der Waals surface area contributed by atoms with Gasteiger partial charge in [-0.3, -0.25) is 0 Å². The largest absolute Gasteiger partial charge is 0.424 e. The van der Waals surface area contributed by atoms with Crippen LogP contribution in [0.1, 0.15) is 54.5 Å². The summed E-state index contributed by atoms with van der Waals surface area (Å²) in [5, 5.41) is 7.56. The Labute approximate surface area is 206 Å². The van der Waals surface area contributed by atoms with E-state index in [2.05, 4.69) is 58.3 Å². The Hall–Kier alpha value is -3.39. The molecule has 35 heavy (non-hydrogen) atoms. The van der Waals surface area contributed by atoms with E-state index in [1.54, 1.807) is 0 Å². The second-order valence-corrected chi connectivity index (χ2v) is 10.1. The van der Waals surface area contributed by atoms with E-state index in [9.17, 15) is 0 Å². The van der Waals surface area contributed by atoms with E-state index in [-0.39, 0.29) is 0 Å². The fraction of sp³-hybridized carbons (Fsp3) is 0.444. The van der Waals surface area contributed by atoms with Crippen LogP contribution in [0, 0.1) is 6.92 Å². The Morgan fingerprint density at radius 3 is 2.66 bits per heavy atom. The van der Waals surface area contributed by atoms with Crippen molar-refractivity contribution in [3.63, 3.8) is 0 Å². The monoisotopic (exact) mass is 472 g/mol. The van der Waals surface area contributed by atoms with Gasteiger partial charge < -0.3 is 24.4 Å². The molecule has 3 aliphatic rings. The lowest BCUT2D eigenvalue weighted by atomic mass is 9.83. The molecule has 2 aliphatic carbocycles. The van der Waals surface area contributed by atoms with Crippen LogP contribution in [0.5, 0.6) is 11.8 Å². The number of hydrogen-bond acceptors (Lipinski definition) is 8. The Morgan fingerprint density at radius 1 is 1.06 bits per heavy atom.